The highest BCUT2D eigenvalue weighted by Gasteiger charge is 2.30. The fraction of sp³-hybridized carbons (Fsp3) is 0.667. The van der Waals surface area contributed by atoms with Crippen LogP contribution < -0.4 is 10.6 Å². The summed E-state index contributed by atoms with van der Waals surface area (Å²) >= 11 is 1.68. The summed E-state index contributed by atoms with van der Waals surface area (Å²) in [6.07, 6.45) is 4.25. The van der Waals surface area contributed by atoms with Gasteiger partial charge in [-0.3, -0.25) is 4.40 Å². The molecule has 0 radical (unpaired) electrons. The Morgan fingerprint density at radius 1 is 1.57 bits per heavy atom. The summed E-state index contributed by atoms with van der Waals surface area (Å²) in [5.74, 6) is 1.10. The molecule has 0 aromatic carbocycles. The van der Waals surface area contributed by atoms with Crippen LogP contribution in [0.1, 0.15) is 32.9 Å². The third-order valence-electron chi connectivity index (χ3n) is 4.07. The molecule has 1 saturated heterocycles. The van der Waals surface area contributed by atoms with Crippen molar-refractivity contribution in [2.45, 2.75) is 51.8 Å². The van der Waals surface area contributed by atoms with Crippen molar-refractivity contribution in [3.63, 3.8) is 0 Å². The van der Waals surface area contributed by atoms with Gasteiger partial charge in [0.2, 0.25) is 0 Å². The van der Waals surface area contributed by atoms with E-state index in [1.807, 2.05) is 0 Å². The Kier molecular flexibility index (Phi) is 4.19. The number of anilines is 1. The number of ether oxygens (including phenoxy) is 1. The van der Waals surface area contributed by atoms with Crippen molar-refractivity contribution < 1.29 is 4.74 Å². The molecule has 3 rings (SSSR count). The van der Waals surface area contributed by atoms with Gasteiger partial charge < -0.3 is 15.4 Å². The number of morpholine rings is 1. The highest BCUT2D eigenvalue weighted by Crippen LogP contribution is 2.30. The number of nitrogens with two attached hydrogens (primary N) is 1. The van der Waals surface area contributed by atoms with Gasteiger partial charge in [0.05, 0.1) is 24.4 Å². The third-order valence-corrected chi connectivity index (χ3v) is 4.82. The summed E-state index contributed by atoms with van der Waals surface area (Å²) in [6.45, 7) is 8.06. The lowest BCUT2D eigenvalue weighted by molar-refractivity contribution is 0.0296. The van der Waals surface area contributed by atoms with Crippen LogP contribution in [0.15, 0.2) is 11.6 Å². The maximum atomic E-state index is 6.06. The van der Waals surface area contributed by atoms with Crippen LogP contribution in [-0.2, 0) is 11.2 Å². The normalized spacial score (nSPS) is 24.7. The molecule has 6 heteroatoms. The lowest BCUT2D eigenvalue weighted by atomic mass is 10.1. The van der Waals surface area contributed by atoms with E-state index in [1.165, 1.54) is 5.69 Å². The molecule has 21 heavy (non-hydrogen) atoms. The van der Waals surface area contributed by atoms with Crippen LogP contribution >= 0.6 is 11.3 Å². The van der Waals surface area contributed by atoms with E-state index in [9.17, 15) is 0 Å². The number of fused-ring (bicyclic) bond motifs is 1. The molecule has 0 saturated carbocycles. The predicted molar refractivity (Wildman–Crippen MR) is 87.3 cm³/mol. The fourth-order valence-corrected chi connectivity index (χ4v) is 3.72. The van der Waals surface area contributed by atoms with Crippen molar-refractivity contribution in [2.24, 2.45) is 5.73 Å². The van der Waals surface area contributed by atoms with Gasteiger partial charge in [0.1, 0.15) is 0 Å². The lowest BCUT2D eigenvalue weighted by Gasteiger charge is -2.39. The number of thiazole rings is 1. The lowest BCUT2D eigenvalue weighted by Crippen LogP contribution is -2.49. The minimum atomic E-state index is 0.127. The van der Waals surface area contributed by atoms with E-state index in [-0.39, 0.29) is 12.1 Å². The molecule has 0 aliphatic carbocycles. The Hall–Kier alpha value is -1.11. The van der Waals surface area contributed by atoms with Crippen LogP contribution in [0.2, 0.25) is 0 Å². The van der Waals surface area contributed by atoms with E-state index >= 15 is 0 Å². The zero-order valence-corrected chi connectivity index (χ0v) is 13.8. The largest absolute Gasteiger partial charge is 0.375 e. The summed E-state index contributed by atoms with van der Waals surface area (Å²) in [4.78, 5) is 8.35. The SMILES string of the molecule is CCC1COC(C)CN1c1nc2sccn2c1CC(C)N. The third kappa shape index (κ3) is 2.80. The van der Waals surface area contributed by atoms with Crippen LogP contribution in [-0.4, -0.2) is 40.7 Å². The number of nitrogens with zero attached hydrogens (tertiary/aromatic N) is 3. The summed E-state index contributed by atoms with van der Waals surface area (Å²) in [7, 11) is 0. The predicted octanol–water partition coefficient (Wildman–Crippen LogP) is 2.29. The van der Waals surface area contributed by atoms with E-state index in [0.29, 0.717) is 6.04 Å². The van der Waals surface area contributed by atoms with Gasteiger partial charge in [-0.05, 0) is 20.3 Å². The highest BCUT2D eigenvalue weighted by atomic mass is 32.1. The van der Waals surface area contributed by atoms with Gasteiger partial charge in [0.25, 0.3) is 0 Å². The van der Waals surface area contributed by atoms with Crippen molar-refractivity contribution in [2.75, 3.05) is 18.1 Å². The van der Waals surface area contributed by atoms with Gasteiger partial charge in [0, 0.05) is 30.6 Å². The number of rotatable bonds is 4. The molecule has 0 amide bonds. The molecule has 3 heterocycles. The molecule has 2 aromatic heterocycles. The first-order chi connectivity index (χ1) is 10.1. The first-order valence-electron chi connectivity index (χ1n) is 7.68. The second kappa shape index (κ2) is 5.94. The molecule has 0 spiro atoms. The number of hydrogen-bond donors (Lipinski definition) is 1. The maximum absolute atomic E-state index is 6.06. The van der Waals surface area contributed by atoms with E-state index in [2.05, 4.69) is 41.6 Å². The Labute approximate surface area is 129 Å². The second-order valence-electron chi connectivity index (χ2n) is 5.98. The Morgan fingerprint density at radius 2 is 2.38 bits per heavy atom. The van der Waals surface area contributed by atoms with E-state index in [4.69, 9.17) is 15.5 Å². The van der Waals surface area contributed by atoms with E-state index < -0.39 is 0 Å². The van der Waals surface area contributed by atoms with Crippen LogP contribution in [0.4, 0.5) is 5.82 Å². The topological polar surface area (TPSA) is 55.8 Å². The second-order valence-corrected chi connectivity index (χ2v) is 6.85. The summed E-state index contributed by atoms with van der Waals surface area (Å²) in [6, 6.07) is 0.528. The Balaban J connectivity index is 2.02. The summed E-state index contributed by atoms with van der Waals surface area (Å²) < 4.78 is 8.00. The zero-order valence-electron chi connectivity index (χ0n) is 13.0. The van der Waals surface area contributed by atoms with Crippen molar-refractivity contribution >= 4 is 22.1 Å². The van der Waals surface area contributed by atoms with Gasteiger partial charge >= 0.3 is 0 Å². The van der Waals surface area contributed by atoms with E-state index in [0.717, 1.165) is 36.8 Å². The van der Waals surface area contributed by atoms with Crippen molar-refractivity contribution in [1.29, 1.82) is 0 Å². The molecule has 3 unspecified atom stereocenters. The molecule has 0 bridgehead atoms. The van der Waals surface area contributed by atoms with Gasteiger partial charge in [-0.15, -0.1) is 11.3 Å². The van der Waals surface area contributed by atoms with Crippen LogP contribution in [0, 0.1) is 0 Å². The molecule has 1 aliphatic heterocycles. The summed E-state index contributed by atoms with van der Waals surface area (Å²) in [5.41, 5.74) is 7.29. The Morgan fingerprint density at radius 3 is 3.10 bits per heavy atom. The van der Waals surface area contributed by atoms with Crippen molar-refractivity contribution in [3.8, 4) is 0 Å². The Bertz CT molecular complexity index is 606. The molecule has 1 fully saturated rings. The van der Waals surface area contributed by atoms with Crippen LogP contribution in [0.25, 0.3) is 4.96 Å². The quantitative estimate of drug-likeness (QED) is 0.941. The average molecular weight is 308 g/mol. The number of imidazole rings is 1. The fourth-order valence-electron chi connectivity index (χ4n) is 2.99. The van der Waals surface area contributed by atoms with Crippen molar-refractivity contribution in [1.82, 2.24) is 9.38 Å². The monoisotopic (exact) mass is 308 g/mol. The maximum Gasteiger partial charge on any atom is 0.195 e. The van der Waals surface area contributed by atoms with Crippen LogP contribution in [0.5, 0.6) is 0 Å². The van der Waals surface area contributed by atoms with Crippen molar-refractivity contribution in [3.05, 3.63) is 17.3 Å². The first kappa shape index (κ1) is 14.8. The summed E-state index contributed by atoms with van der Waals surface area (Å²) in [5, 5.41) is 2.08. The zero-order chi connectivity index (χ0) is 15.0. The number of aromatic nitrogens is 2. The minimum Gasteiger partial charge on any atom is -0.375 e. The van der Waals surface area contributed by atoms with Gasteiger partial charge in [-0.1, -0.05) is 6.92 Å². The molecular formula is C15H24N4OS. The highest BCUT2D eigenvalue weighted by molar-refractivity contribution is 7.15. The molecule has 1 aliphatic rings. The first-order valence-corrected chi connectivity index (χ1v) is 8.56. The van der Waals surface area contributed by atoms with Gasteiger partial charge in [-0.25, -0.2) is 4.98 Å². The number of hydrogen-bond acceptors (Lipinski definition) is 5. The molecule has 2 aromatic rings. The van der Waals surface area contributed by atoms with Gasteiger partial charge in [0.15, 0.2) is 10.8 Å². The van der Waals surface area contributed by atoms with Crippen LogP contribution in [0.3, 0.4) is 0 Å². The van der Waals surface area contributed by atoms with E-state index in [1.54, 1.807) is 11.3 Å². The molecular weight excluding hydrogens is 284 g/mol. The molecule has 116 valence electrons. The average Bonchev–Trinajstić information content (AvgIpc) is 3.01. The standard InChI is InChI=1S/C15H24N4OS/c1-4-12-9-20-11(3)8-19(12)14-13(7-10(2)16)18-5-6-21-15(18)17-14/h5-6,10-12H,4,7-9,16H2,1-3H3. The molecule has 3 atom stereocenters. The molecule has 5 nitrogen and oxygen atoms in total. The molecule has 2 N–H and O–H groups in total. The smallest absolute Gasteiger partial charge is 0.195 e. The van der Waals surface area contributed by atoms with Gasteiger partial charge in [-0.2, -0.15) is 0 Å². The minimum absolute atomic E-state index is 0.127.